The van der Waals surface area contributed by atoms with E-state index in [0.29, 0.717) is 17.3 Å². The summed E-state index contributed by atoms with van der Waals surface area (Å²) < 4.78 is 32.5. The molecule has 0 atom stereocenters. The molecule has 2 aromatic carbocycles. The number of carbonyl (C=O) groups excluding carboxylic acids is 1. The highest BCUT2D eigenvalue weighted by Crippen LogP contribution is 2.23. The molecule has 0 saturated carbocycles. The third-order valence-corrected chi connectivity index (χ3v) is 3.89. The molecule has 0 aliphatic rings. The van der Waals surface area contributed by atoms with Gasteiger partial charge in [-0.1, -0.05) is 12.1 Å². The quantitative estimate of drug-likeness (QED) is 0.716. The fourth-order valence-electron chi connectivity index (χ4n) is 2.29. The van der Waals surface area contributed by atoms with Crippen LogP contribution in [0.1, 0.15) is 21.5 Å². The molecule has 26 heavy (non-hydrogen) atoms. The van der Waals surface area contributed by atoms with Gasteiger partial charge in [-0.15, -0.1) is 0 Å². The summed E-state index contributed by atoms with van der Waals surface area (Å²) in [6.07, 6.45) is 1.38. The van der Waals surface area contributed by atoms with Crippen molar-refractivity contribution in [3.63, 3.8) is 0 Å². The van der Waals surface area contributed by atoms with Gasteiger partial charge >= 0.3 is 0 Å². The summed E-state index contributed by atoms with van der Waals surface area (Å²) in [6.45, 7) is 4.00. The van der Waals surface area contributed by atoms with E-state index >= 15 is 0 Å². The Morgan fingerprint density at radius 3 is 2.54 bits per heavy atom. The number of rotatable bonds is 4. The minimum absolute atomic E-state index is 0.339. The average molecular weight is 354 g/mol. The van der Waals surface area contributed by atoms with Crippen LogP contribution in [0.4, 0.5) is 14.5 Å². The van der Waals surface area contributed by atoms with Crippen molar-refractivity contribution in [2.75, 3.05) is 5.32 Å². The summed E-state index contributed by atoms with van der Waals surface area (Å²) in [5.41, 5.74) is 2.23. The molecule has 0 radical (unpaired) electrons. The smallest absolute Gasteiger partial charge is 0.258 e. The molecule has 0 aliphatic carbocycles. The molecule has 3 rings (SSSR count). The lowest BCUT2D eigenvalue weighted by Gasteiger charge is -2.09. The van der Waals surface area contributed by atoms with E-state index < -0.39 is 17.5 Å². The minimum Gasteiger partial charge on any atom is -0.439 e. The van der Waals surface area contributed by atoms with Gasteiger partial charge in [-0.3, -0.25) is 4.79 Å². The highest BCUT2D eigenvalue weighted by molar-refractivity contribution is 6.04. The number of hydrogen-bond donors (Lipinski definition) is 1. The monoisotopic (exact) mass is 354 g/mol. The second-order valence-electron chi connectivity index (χ2n) is 5.79. The normalized spacial score (nSPS) is 10.5. The number of nitrogens with zero attached hydrogens (tertiary/aromatic N) is 1. The van der Waals surface area contributed by atoms with Gasteiger partial charge in [0.1, 0.15) is 5.75 Å². The Hall–Kier alpha value is -3.28. The number of aromatic nitrogens is 1. The highest BCUT2D eigenvalue weighted by atomic mass is 19.2. The van der Waals surface area contributed by atoms with E-state index in [-0.39, 0.29) is 5.56 Å². The van der Waals surface area contributed by atoms with Crippen LogP contribution in [0.3, 0.4) is 0 Å². The summed E-state index contributed by atoms with van der Waals surface area (Å²) in [4.78, 5) is 16.2. The summed E-state index contributed by atoms with van der Waals surface area (Å²) >= 11 is 0. The van der Waals surface area contributed by atoms with E-state index in [1.165, 1.54) is 18.3 Å². The standard InChI is InChI=1S/C20H16F2N2O2/c1-12-6-8-15(10-13(12)2)26-18-9-7-14(11-23-18)24-20(25)16-4-3-5-17(21)19(16)22/h3-11H,1-2H3,(H,24,25). The molecule has 0 unspecified atom stereocenters. The van der Waals surface area contributed by atoms with E-state index in [9.17, 15) is 13.6 Å². The molecule has 0 saturated heterocycles. The Morgan fingerprint density at radius 1 is 1.04 bits per heavy atom. The Labute approximate surface area is 149 Å². The summed E-state index contributed by atoms with van der Waals surface area (Å²) in [5, 5.41) is 2.47. The van der Waals surface area contributed by atoms with Crippen molar-refractivity contribution in [3.05, 3.63) is 83.1 Å². The van der Waals surface area contributed by atoms with Crippen LogP contribution in [0.5, 0.6) is 11.6 Å². The van der Waals surface area contributed by atoms with Gasteiger partial charge in [0.25, 0.3) is 5.91 Å². The molecule has 132 valence electrons. The van der Waals surface area contributed by atoms with Crippen molar-refractivity contribution in [2.24, 2.45) is 0 Å². The molecule has 0 aliphatic heterocycles. The van der Waals surface area contributed by atoms with Gasteiger partial charge in [0.2, 0.25) is 5.88 Å². The number of hydrogen-bond acceptors (Lipinski definition) is 3. The van der Waals surface area contributed by atoms with Gasteiger partial charge in [0, 0.05) is 6.07 Å². The Morgan fingerprint density at radius 2 is 1.85 bits per heavy atom. The number of amides is 1. The molecule has 0 fully saturated rings. The largest absolute Gasteiger partial charge is 0.439 e. The van der Waals surface area contributed by atoms with Crippen molar-refractivity contribution >= 4 is 11.6 Å². The van der Waals surface area contributed by atoms with Crippen LogP contribution in [0, 0.1) is 25.5 Å². The van der Waals surface area contributed by atoms with Gasteiger partial charge in [0.15, 0.2) is 11.6 Å². The maximum Gasteiger partial charge on any atom is 0.258 e. The van der Waals surface area contributed by atoms with Gasteiger partial charge in [-0.25, -0.2) is 13.8 Å². The van der Waals surface area contributed by atoms with E-state index in [0.717, 1.165) is 17.2 Å². The molecule has 3 aromatic rings. The van der Waals surface area contributed by atoms with Gasteiger partial charge in [0.05, 0.1) is 17.4 Å². The number of aryl methyl sites for hydroxylation is 2. The predicted molar refractivity (Wildman–Crippen MR) is 94.5 cm³/mol. The second-order valence-corrected chi connectivity index (χ2v) is 5.79. The maximum absolute atomic E-state index is 13.7. The zero-order valence-corrected chi connectivity index (χ0v) is 14.2. The van der Waals surface area contributed by atoms with Crippen LogP contribution >= 0.6 is 0 Å². The van der Waals surface area contributed by atoms with Crippen LogP contribution in [-0.2, 0) is 0 Å². The molecule has 1 N–H and O–H groups in total. The fourth-order valence-corrected chi connectivity index (χ4v) is 2.29. The Bertz CT molecular complexity index is 957. The second kappa shape index (κ2) is 7.31. The van der Waals surface area contributed by atoms with Crippen molar-refractivity contribution in [1.29, 1.82) is 0 Å². The highest BCUT2D eigenvalue weighted by Gasteiger charge is 2.15. The van der Waals surface area contributed by atoms with Crippen molar-refractivity contribution < 1.29 is 18.3 Å². The lowest BCUT2D eigenvalue weighted by Crippen LogP contribution is -2.14. The van der Waals surface area contributed by atoms with Crippen LogP contribution in [0.15, 0.2) is 54.7 Å². The van der Waals surface area contributed by atoms with E-state index in [4.69, 9.17) is 4.74 Å². The molecule has 4 nitrogen and oxygen atoms in total. The summed E-state index contributed by atoms with van der Waals surface area (Å²) in [6, 6.07) is 12.3. The zero-order valence-electron chi connectivity index (χ0n) is 14.2. The molecule has 0 bridgehead atoms. The molecule has 6 heteroatoms. The predicted octanol–water partition coefficient (Wildman–Crippen LogP) is 5.02. The first kappa shape index (κ1) is 17.5. The van der Waals surface area contributed by atoms with E-state index in [2.05, 4.69) is 10.3 Å². The van der Waals surface area contributed by atoms with Gasteiger partial charge in [-0.05, 0) is 55.3 Å². The number of carbonyl (C=O) groups is 1. The minimum atomic E-state index is -1.19. The average Bonchev–Trinajstić information content (AvgIpc) is 2.62. The van der Waals surface area contributed by atoms with Gasteiger partial charge in [-0.2, -0.15) is 0 Å². The first-order valence-corrected chi connectivity index (χ1v) is 7.90. The first-order chi connectivity index (χ1) is 12.4. The lowest BCUT2D eigenvalue weighted by molar-refractivity contribution is 0.102. The van der Waals surface area contributed by atoms with Gasteiger partial charge < -0.3 is 10.1 Å². The molecule has 0 spiro atoms. The number of halogens is 2. The van der Waals surface area contributed by atoms with E-state index in [1.807, 2.05) is 32.0 Å². The lowest BCUT2D eigenvalue weighted by atomic mass is 10.1. The third-order valence-electron chi connectivity index (χ3n) is 3.89. The molecule has 1 amide bonds. The molecule has 1 aromatic heterocycles. The fraction of sp³-hybridized carbons (Fsp3) is 0.100. The number of ether oxygens (including phenoxy) is 1. The molecular formula is C20H16F2N2O2. The topological polar surface area (TPSA) is 51.2 Å². The van der Waals surface area contributed by atoms with Crippen LogP contribution < -0.4 is 10.1 Å². The zero-order chi connectivity index (χ0) is 18.7. The number of nitrogens with one attached hydrogen (secondary N) is 1. The SMILES string of the molecule is Cc1ccc(Oc2ccc(NC(=O)c3cccc(F)c3F)cn2)cc1C. The van der Waals surface area contributed by atoms with Crippen molar-refractivity contribution in [3.8, 4) is 11.6 Å². The number of pyridine rings is 1. The van der Waals surface area contributed by atoms with Crippen LogP contribution in [0.25, 0.3) is 0 Å². The Balaban J connectivity index is 1.70. The van der Waals surface area contributed by atoms with Crippen LogP contribution in [-0.4, -0.2) is 10.9 Å². The van der Waals surface area contributed by atoms with Crippen molar-refractivity contribution in [1.82, 2.24) is 4.98 Å². The number of benzene rings is 2. The number of anilines is 1. The molecule has 1 heterocycles. The maximum atomic E-state index is 13.7. The molecular weight excluding hydrogens is 338 g/mol. The third kappa shape index (κ3) is 3.85. The summed E-state index contributed by atoms with van der Waals surface area (Å²) in [7, 11) is 0. The Kier molecular flexibility index (Phi) is 4.93. The first-order valence-electron chi connectivity index (χ1n) is 7.90. The summed E-state index contributed by atoms with van der Waals surface area (Å²) in [5.74, 6) is -2.02. The van der Waals surface area contributed by atoms with Crippen molar-refractivity contribution in [2.45, 2.75) is 13.8 Å². The van der Waals surface area contributed by atoms with Crippen LogP contribution in [0.2, 0.25) is 0 Å². The van der Waals surface area contributed by atoms with E-state index in [1.54, 1.807) is 12.1 Å².